The highest BCUT2D eigenvalue weighted by Crippen LogP contribution is 2.48. The zero-order chi connectivity index (χ0) is 49.1. The van der Waals surface area contributed by atoms with E-state index in [1.165, 1.54) is 68.8 Å². The lowest BCUT2D eigenvalue weighted by Crippen LogP contribution is -2.64. The largest absolute Gasteiger partial charge is 0.571 e. The van der Waals surface area contributed by atoms with Crippen LogP contribution < -0.4 is 14.2 Å². The molecule has 14 N–H and O–H groups in total. The lowest BCUT2D eigenvalue weighted by atomic mass is 9.97. The molecule has 0 radical (unpaired) electrons. The van der Waals surface area contributed by atoms with Crippen LogP contribution in [0.4, 0.5) is 0 Å². The minimum absolute atomic E-state index is 0.0119. The highest BCUT2D eigenvalue weighted by molar-refractivity contribution is 5.87. The summed E-state index contributed by atoms with van der Waals surface area (Å²) in [4.78, 5) is 12.9. The Morgan fingerprint density at radius 3 is 1.88 bits per heavy atom. The molecule has 16 atom stereocenters. The first-order valence-electron chi connectivity index (χ1n) is 21.0. The molecule has 3 saturated heterocycles. The topological polar surface area (TPSA) is 376 Å². The highest BCUT2D eigenvalue weighted by atomic mass is 16.8. The van der Waals surface area contributed by atoms with Gasteiger partial charge in [-0.3, -0.25) is 0 Å². The van der Waals surface area contributed by atoms with Crippen LogP contribution in [0.25, 0.3) is 12.2 Å². The van der Waals surface area contributed by atoms with Crippen molar-refractivity contribution in [3.63, 3.8) is 0 Å². The van der Waals surface area contributed by atoms with Crippen LogP contribution in [0.2, 0.25) is 0 Å². The minimum atomic E-state index is -2.05. The molecule has 0 amide bonds. The van der Waals surface area contributed by atoms with E-state index in [9.17, 15) is 71.2 Å². The van der Waals surface area contributed by atoms with Gasteiger partial charge in [-0.05, 0) is 42.0 Å². The van der Waals surface area contributed by atoms with Gasteiger partial charge in [0, 0.05) is 18.2 Å². The van der Waals surface area contributed by atoms with Crippen LogP contribution in [-0.4, -0.2) is 203 Å². The number of methoxy groups -OCH3 is 2. The molecule has 24 heteroatoms. The molecular weight excluding hydrogens is 912 g/mol. The van der Waals surface area contributed by atoms with Gasteiger partial charge in [-0.25, -0.2) is 4.79 Å². The molecule has 0 aliphatic carbocycles. The van der Waals surface area contributed by atoms with Crippen LogP contribution >= 0.6 is 0 Å². The average molecular weight is 966 g/mol. The molecule has 0 saturated carbocycles. The van der Waals surface area contributed by atoms with Crippen molar-refractivity contribution < 1.29 is 119 Å². The summed E-state index contributed by atoms with van der Waals surface area (Å²) in [5.41, 5.74) is 0.721. The number of benzene rings is 3. The van der Waals surface area contributed by atoms with Gasteiger partial charge in [0.1, 0.15) is 90.8 Å². The third kappa shape index (κ3) is 10.5. The molecule has 3 aromatic carbocycles. The van der Waals surface area contributed by atoms with Gasteiger partial charge in [-0.1, -0.05) is 6.07 Å². The van der Waals surface area contributed by atoms with E-state index in [1.807, 2.05) is 0 Å². The second-order valence-corrected chi connectivity index (χ2v) is 16.0. The van der Waals surface area contributed by atoms with E-state index in [0.717, 1.165) is 12.1 Å². The van der Waals surface area contributed by atoms with E-state index in [1.54, 1.807) is 0 Å². The Kier molecular flexibility index (Phi) is 15.8. The van der Waals surface area contributed by atoms with Crippen LogP contribution in [0.15, 0.2) is 60.4 Å². The molecule has 24 nitrogen and oxygen atoms in total. The van der Waals surface area contributed by atoms with Crippen molar-refractivity contribution in [2.45, 2.75) is 98.2 Å². The van der Waals surface area contributed by atoms with Crippen molar-refractivity contribution in [1.82, 2.24) is 0 Å². The fourth-order valence-corrected chi connectivity index (χ4v) is 7.79. The van der Waals surface area contributed by atoms with Crippen molar-refractivity contribution in [2.75, 3.05) is 34.0 Å². The van der Waals surface area contributed by atoms with Crippen LogP contribution in [0.1, 0.15) is 22.8 Å². The summed E-state index contributed by atoms with van der Waals surface area (Å²) in [6, 6.07) is 10.7. The summed E-state index contributed by atoms with van der Waals surface area (Å²) < 4.78 is 56.1. The van der Waals surface area contributed by atoms with Crippen LogP contribution in [0, 0.1) is 0 Å². The number of phenolic OH excluding ortho intramolecular Hbond substituents is 3. The average Bonchev–Trinajstić information content (AvgIpc) is 3.33. The van der Waals surface area contributed by atoms with Gasteiger partial charge in [0.2, 0.25) is 12.6 Å². The minimum Gasteiger partial charge on any atom is -0.571 e. The van der Waals surface area contributed by atoms with Gasteiger partial charge in [0.15, 0.2) is 41.2 Å². The number of fused-ring (bicyclic) bond motifs is 1. The summed E-state index contributed by atoms with van der Waals surface area (Å²) in [5.74, 6) is -2.08. The third-order valence-electron chi connectivity index (χ3n) is 11.6. The van der Waals surface area contributed by atoms with Gasteiger partial charge in [0.25, 0.3) is 11.9 Å². The predicted octanol–water partition coefficient (Wildman–Crippen LogP) is -2.76. The number of hydrogen-bond donors (Lipinski definition) is 13. The Morgan fingerprint density at radius 2 is 1.24 bits per heavy atom. The number of aliphatic hydroxyl groups excluding tert-OH is 10. The number of rotatable bonds is 15. The molecule has 0 spiro atoms. The van der Waals surface area contributed by atoms with Crippen LogP contribution in [0.5, 0.6) is 40.2 Å². The van der Waals surface area contributed by atoms with Crippen molar-refractivity contribution in [2.24, 2.45) is 0 Å². The molecule has 68 heavy (non-hydrogen) atoms. The fraction of sp³-hybridized carbons (Fsp3) is 0.477. The Balaban J connectivity index is 1.25. The standard InChI is InChI=1S/C44H52O24/c1-59-25-9-17(3-6-21(25)48)4-8-31(50)61-16-30-34(53)37(56)41(68-43-39(58)36(55)33(52)29(15-46)66-43)44(67-30)64-27-13-20-23(62-40(27)18-5-7-22(49)26(10-18)60-2)11-19(47)12-24(20)63-42-38(57)35(54)32(51)28(14-45)65-42/h3-13,28-30,32-49,51-58H,14-16H2,1-2H3/p+1/b8-4+/t28-,29-,30-,32-,33-,34-,35+,36+,37+,38-,39-,40?,41-,42-,43+,44-/m1/s1. The third-order valence-corrected chi connectivity index (χ3v) is 11.6. The van der Waals surface area contributed by atoms with E-state index in [2.05, 4.69) is 0 Å². The van der Waals surface area contributed by atoms with Crippen molar-refractivity contribution in [1.29, 1.82) is 0 Å². The van der Waals surface area contributed by atoms with E-state index >= 15 is 0 Å². The Labute approximate surface area is 385 Å². The summed E-state index contributed by atoms with van der Waals surface area (Å²) >= 11 is 0. The van der Waals surface area contributed by atoms with E-state index in [4.69, 9.17) is 47.4 Å². The van der Waals surface area contributed by atoms with Crippen molar-refractivity contribution in [3.8, 4) is 40.2 Å². The van der Waals surface area contributed by atoms with Gasteiger partial charge in [0.05, 0.1) is 39.1 Å². The summed E-state index contributed by atoms with van der Waals surface area (Å²) in [5, 5.41) is 137. The van der Waals surface area contributed by atoms with Gasteiger partial charge < -0.3 is 114 Å². The molecule has 0 bridgehead atoms. The van der Waals surface area contributed by atoms with E-state index in [-0.39, 0.29) is 51.4 Å². The van der Waals surface area contributed by atoms with Gasteiger partial charge >= 0.3 is 5.97 Å². The number of ether oxygens (including phenoxy) is 10. The highest BCUT2D eigenvalue weighted by Gasteiger charge is 2.53. The monoisotopic (exact) mass is 965 g/mol. The lowest BCUT2D eigenvalue weighted by Gasteiger charge is -2.46. The van der Waals surface area contributed by atoms with E-state index in [0.29, 0.717) is 5.56 Å². The maximum Gasteiger partial charge on any atom is 0.330 e. The summed E-state index contributed by atoms with van der Waals surface area (Å²) in [7, 11) is 2.63. The second-order valence-electron chi connectivity index (χ2n) is 16.0. The second kappa shape index (κ2) is 21.4. The number of carbonyl (C=O) groups is 1. The molecule has 0 aromatic heterocycles. The first kappa shape index (κ1) is 50.3. The normalized spacial score (nSPS) is 33.7. The number of carbonyl (C=O) groups excluding carboxylic acids is 1. The SMILES string of the molecule is COc1cc(/C=C/C(=O)OC[C@H]2O[C@@H](OC3=Cc4c(O[C@@H]5O[C@H](CO)[C@@H](O)[C@H](O)[C@H]5O)cc(O)cc4[OH+]C3c3ccc(O)c(OC)c3)[C@H](O[C@@H]3O[C@H](CO)[C@@H](O)[C@H](O)[C@H]3O)[C@@H](O)[C@@H]2O)ccc1O. The summed E-state index contributed by atoms with van der Waals surface area (Å²) in [6.45, 7) is -2.36. The van der Waals surface area contributed by atoms with Crippen LogP contribution in [-0.2, 0) is 33.2 Å². The molecule has 3 fully saturated rings. The number of phenols is 3. The smallest absolute Gasteiger partial charge is 0.330 e. The predicted molar refractivity (Wildman–Crippen MR) is 225 cm³/mol. The Bertz CT molecular complexity index is 2290. The lowest BCUT2D eigenvalue weighted by molar-refractivity contribution is -0.364. The molecule has 372 valence electrons. The van der Waals surface area contributed by atoms with E-state index < -0.39 is 130 Å². The van der Waals surface area contributed by atoms with Crippen molar-refractivity contribution >= 4 is 18.1 Å². The molecular formula is C44H53O24+. The molecule has 1 unspecified atom stereocenters. The van der Waals surface area contributed by atoms with Crippen LogP contribution in [0.3, 0.4) is 0 Å². The Hall–Kier alpha value is -5.55. The molecule has 4 aliphatic heterocycles. The zero-order valence-corrected chi connectivity index (χ0v) is 36.1. The molecule has 4 aliphatic rings. The quantitative estimate of drug-likeness (QED) is 0.0417. The number of aliphatic hydroxyl groups is 11. The fourth-order valence-electron chi connectivity index (χ4n) is 7.79. The molecule has 7 rings (SSSR count). The van der Waals surface area contributed by atoms with Crippen molar-refractivity contribution in [3.05, 3.63) is 77.1 Å². The number of esters is 1. The van der Waals surface area contributed by atoms with Gasteiger partial charge in [-0.2, -0.15) is 0 Å². The first-order chi connectivity index (χ1) is 32.5. The van der Waals surface area contributed by atoms with Gasteiger partial charge in [-0.15, -0.1) is 0 Å². The number of aromatic hydroxyl groups is 4. The summed E-state index contributed by atoms with van der Waals surface area (Å²) in [6.07, 6.45) is -24.7. The maximum absolute atomic E-state index is 12.9. The zero-order valence-electron chi connectivity index (χ0n) is 36.1. The molecule has 3 aromatic rings. The number of hydrogen-bond acceptors (Lipinski definition) is 23. The maximum atomic E-state index is 12.9. The molecule has 4 heterocycles. The Morgan fingerprint density at radius 1 is 0.647 bits per heavy atom. The first-order valence-corrected chi connectivity index (χ1v) is 21.0.